The van der Waals surface area contributed by atoms with E-state index in [9.17, 15) is 10.2 Å². The van der Waals surface area contributed by atoms with Crippen molar-refractivity contribution < 1.29 is 10.2 Å². The van der Waals surface area contributed by atoms with Crippen molar-refractivity contribution in [1.82, 2.24) is 19.7 Å². The molecule has 0 unspecified atom stereocenters. The molecular formula is C23H32N4O2. The van der Waals surface area contributed by atoms with Gasteiger partial charge in [0, 0.05) is 57.2 Å². The fourth-order valence-corrected chi connectivity index (χ4v) is 5.67. The van der Waals surface area contributed by atoms with Gasteiger partial charge in [0.25, 0.3) is 0 Å². The van der Waals surface area contributed by atoms with Crippen LogP contribution in [0.25, 0.3) is 10.9 Å². The smallest absolute Gasteiger partial charge is 0.141 e. The third-order valence-corrected chi connectivity index (χ3v) is 7.33. The normalized spacial score (nSPS) is 31.9. The highest BCUT2D eigenvalue weighted by atomic mass is 16.3. The van der Waals surface area contributed by atoms with Crippen LogP contribution in [-0.2, 0) is 6.54 Å². The zero-order valence-corrected chi connectivity index (χ0v) is 17.2. The number of pyridine rings is 1. The van der Waals surface area contributed by atoms with Gasteiger partial charge < -0.3 is 15.1 Å². The molecule has 4 atom stereocenters. The van der Waals surface area contributed by atoms with E-state index < -0.39 is 0 Å². The minimum absolute atomic E-state index is 0.199. The monoisotopic (exact) mass is 396 g/mol. The molecule has 0 amide bonds. The van der Waals surface area contributed by atoms with Crippen LogP contribution >= 0.6 is 0 Å². The number of likely N-dealkylation sites (tertiary alicyclic amines) is 1. The number of aromatic nitrogens is 1. The molecule has 1 aliphatic carbocycles. The summed E-state index contributed by atoms with van der Waals surface area (Å²) >= 11 is 0. The highest BCUT2D eigenvalue weighted by molar-refractivity contribution is 5.84. The van der Waals surface area contributed by atoms with E-state index in [2.05, 4.69) is 27.8 Å². The third kappa shape index (κ3) is 3.87. The number of hydrogen-bond acceptors (Lipinski definition) is 6. The number of aromatic hydroxyl groups is 1. The lowest BCUT2D eigenvalue weighted by atomic mass is 9.77. The van der Waals surface area contributed by atoms with Crippen LogP contribution in [0.5, 0.6) is 5.75 Å². The number of benzene rings is 1. The molecule has 3 aliphatic rings. The number of likely N-dealkylation sites (N-methyl/N-ethyl adjacent to an activating group) is 1. The second-order valence-corrected chi connectivity index (χ2v) is 9.31. The van der Waals surface area contributed by atoms with Crippen LogP contribution in [0.15, 0.2) is 30.3 Å². The van der Waals surface area contributed by atoms with Crippen molar-refractivity contribution in [2.24, 2.45) is 11.8 Å². The Labute approximate surface area is 172 Å². The van der Waals surface area contributed by atoms with E-state index in [0.29, 0.717) is 23.4 Å². The highest BCUT2D eigenvalue weighted by Gasteiger charge is 2.43. The van der Waals surface area contributed by atoms with Crippen molar-refractivity contribution in [2.75, 3.05) is 46.3 Å². The first-order chi connectivity index (χ1) is 14.1. The predicted molar refractivity (Wildman–Crippen MR) is 114 cm³/mol. The first kappa shape index (κ1) is 19.2. The number of nitrogens with zero attached hydrogens (tertiary/aromatic N) is 4. The molecule has 0 spiro atoms. The first-order valence-corrected chi connectivity index (χ1v) is 11.0. The van der Waals surface area contributed by atoms with Crippen molar-refractivity contribution in [3.05, 3.63) is 36.0 Å². The first-order valence-electron chi connectivity index (χ1n) is 11.0. The van der Waals surface area contributed by atoms with Crippen LogP contribution in [0.4, 0.5) is 0 Å². The number of hydrogen-bond donors (Lipinski definition) is 2. The summed E-state index contributed by atoms with van der Waals surface area (Å²) in [4.78, 5) is 12.1. The Morgan fingerprint density at radius 3 is 2.55 bits per heavy atom. The second kappa shape index (κ2) is 7.84. The van der Waals surface area contributed by atoms with Crippen LogP contribution in [0.3, 0.4) is 0 Å². The van der Waals surface area contributed by atoms with Crippen molar-refractivity contribution in [2.45, 2.75) is 31.5 Å². The second-order valence-electron chi connectivity index (χ2n) is 9.31. The Morgan fingerprint density at radius 2 is 1.76 bits per heavy atom. The number of fused-ring (bicyclic) bond motifs is 2. The molecule has 1 saturated carbocycles. The number of rotatable bonds is 3. The topological polar surface area (TPSA) is 63.1 Å². The summed E-state index contributed by atoms with van der Waals surface area (Å²) in [6, 6.07) is 9.98. The van der Waals surface area contributed by atoms with E-state index in [4.69, 9.17) is 4.98 Å². The molecule has 2 N–H and O–H groups in total. The Balaban J connectivity index is 1.25. The molecule has 6 nitrogen and oxygen atoms in total. The minimum atomic E-state index is -0.199. The Morgan fingerprint density at radius 1 is 1.00 bits per heavy atom. The maximum absolute atomic E-state index is 10.8. The lowest BCUT2D eigenvalue weighted by Crippen LogP contribution is -2.55. The summed E-state index contributed by atoms with van der Waals surface area (Å²) in [5, 5.41) is 21.9. The third-order valence-electron chi connectivity index (χ3n) is 7.33. The summed E-state index contributed by atoms with van der Waals surface area (Å²) in [5.41, 5.74) is 1.70. The molecule has 6 heteroatoms. The summed E-state index contributed by atoms with van der Waals surface area (Å²) in [6.45, 7) is 7.29. The molecule has 1 aromatic carbocycles. The largest absolute Gasteiger partial charge is 0.506 e. The molecule has 2 saturated heterocycles. The molecule has 156 valence electrons. The van der Waals surface area contributed by atoms with Crippen molar-refractivity contribution in [3.8, 4) is 5.75 Å². The summed E-state index contributed by atoms with van der Waals surface area (Å²) in [7, 11) is 2.18. The maximum Gasteiger partial charge on any atom is 0.141 e. The molecule has 0 radical (unpaired) electrons. The van der Waals surface area contributed by atoms with E-state index in [1.54, 1.807) is 6.07 Å². The fourth-order valence-electron chi connectivity index (χ4n) is 5.67. The number of piperazine rings is 1. The summed E-state index contributed by atoms with van der Waals surface area (Å²) < 4.78 is 0. The quantitative estimate of drug-likeness (QED) is 0.824. The lowest BCUT2D eigenvalue weighted by molar-refractivity contribution is -0.0249. The van der Waals surface area contributed by atoms with Gasteiger partial charge in [0.15, 0.2) is 0 Å². The van der Waals surface area contributed by atoms with Gasteiger partial charge in [-0.1, -0.05) is 18.2 Å². The van der Waals surface area contributed by atoms with E-state index >= 15 is 0 Å². The van der Waals surface area contributed by atoms with E-state index in [1.807, 2.05) is 18.2 Å². The molecule has 5 rings (SSSR count). The van der Waals surface area contributed by atoms with Gasteiger partial charge in [0.1, 0.15) is 11.3 Å². The molecule has 3 fully saturated rings. The number of phenolic OH excluding ortho intramolecular Hbond substituents is 1. The van der Waals surface area contributed by atoms with Crippen LogP contribution in [0.2, 0.25) is 0 Å². The lowest BCUT2D eigenvalue weighted by Gasteiger charge is -2.44. The van der Waals surface area contributed by atoms with Crippen molar-refractivity contribution >= 4 is 10.9 Å². The van der Waals surface area contributed by atoms with Gasteiger partial charge >= 0.3 is 0 Å². The molecule has 2 aliphatic heterocycles. The zero-order chi connectivity index (χ0) is 20.0. The SMILES string of the molecule is CN1CCN([C@@H]2C[C@@H]3CN(Cc4ccc5cccc(O)c5n4)C[C@@H]3C[C@H]2O)CC1. The van der Waals surface area contributed by atoms with Gasteiger partial charge in [0.2, 0.25) is 0 Å². The zero-order valence-electron chi connectivity index (χ0n) is 17.2. The fraction of sp³-hybridized carbons (Fsp3) is 0.609. The highest BCUT2D eigenvalue weighted by Crippen LogP contribution is 2.39. The Kier molecular flexibility index (Phi) is 5.20. The van der Waals surface area contributed by atoms with Crippen LogP contribution in [-0.4, -0.2) is 88.4 Å². The summed E-state index contributed by atoms with van der Waals surface area (Å²) in [6.07, 6.45) is 1.83. The van der Waals surface area contributed by atoms with E-state index in [-0.39, 0.29) is 11.9 Å². The van der Waals surface area contributed by atoms with E-state index in [0.717, 1.165) is 69.7 Å². The van der Waals surface area contributed by atoms with Crippen LogP contribution in [0.1, 0.15) is 18.5 Å². The number of phenols is 1. The van der Waals surface area contributed by atoms with Gasteiger partial charge in [-0.05, 0) is 43.9 Å². The van der Waals surface area contributed by atoms with E-state index in [1.165, 1.54) is 0 Å². The predicted octanol–water partition coefficient (Wildman–Crippen LogP) is 1.76. The molecule has 3 heterocycles. The van der Waals surface area contributed by atoms with Gasteiger partial charge in [-0.15, -0.1) is 0 Å². The van der Waals surface area contributed by atoms with Gasteiger partial charge in [0.05, 0.1) is 11.8 Å². The summed E-state index contributed by atoms with van der Waals surface area (Å²) in [5.74, 6) is 1.50. The number of para-hydroxylation sites is 1. The van der Waals surface area contributed by atoms with Gasteiger partial charge in [-0.25, -0.2) is 4.98 Å². The molecule has 1 aromatic heterocycles. The minimum Gasteiger partial charge on any atom is -0.506 e. The van der Waals surface area contributed by atoms with Crippen LogP contribution < -0.4 is 0 Å². The molecule has 29 heavy (non-hydrogen) atoms. The van der Waals surface area contributed by atoms with Gasteiger partial charge in [-0.3, -0.25) is 9.80 Å². The number of aliphatic hydroxyl groups excluding tert-OH is 1. The molecule has 2 aromatic rings. The van der Waals surface area contributed by atoms with Crippen LogP contribution in [0, 0.1) is 11.8 Å². The molecular weight excluding hydrogens is 364 g/mol. The Hall–Kier alpha value is -1.73. The average Bonchev–Trinajstić information content (AvgIpc) is 3.09. The Bertz CT molecular complexity index is 867. The van der Waals surface area contributed by atoms with Crippen molar-refractivity contribution in [3.63, 3.8) is 0 Å². The standard InChI is InChI=1S/C23H32N4O2/c1-25-7-9-27(10-8-25)20-11-17-13-26(14-18(17)12-22(20)29)15-19-6-5-16-3-2-4-21(28)23(16)24-19/h2-6,17-18,20,22,28-29H,7-15H2,1H3/t17-,18+,20-,22-/m1/s1. The average molecular weight is 397 g/mol. The maximum atomic E-state index is 10.8. The molecule has 0 bridgehead atoms. The number of aliphatic hydroxyl groups is 1. The van der Waals surface area contributed by atoms with Crippen molar-refractivity contribution in [1.29, 1.82) is 0 Å². The van der Waals surface area contributed by atoms with Gasteiger partial charge in [-0.2, -0.15) is 0 Å².